The van der Waals surface area contributed by atoms with Gasteiger partial charge in [0.15, 0.2) is 5.82 Å². The molecule has 0 saturated heterocycles. The van der Waals surface area contributed by atoms with Crippen molar-refractivity contribution < 1.29 is 9.53 Å². The number of rotatable bonds is 7. The third-order valence-electron chi connectivity index (χ3n) is 5.56. The van der Waals surface area contributed by atoms with Crippen LogP contribution in [0.1, 0.15) is 47.1 Å². The molecule has 0 atom stereocenters. The molecule has 0 fully saturated rings. The van der Waals surface area contributed by atoms with Crippen molar-refractivity contribution in [3.05, 3.63) is 65.0 Å². The lowest BCUT2D eigenvalue weighted by atomic mass is 10.1. The second kappa shape index (κ2) is 8.73. The molecule has 0 bridgehead atoms. The number of aromatic nitrogens is 3. The summed E-state index contributed by atoms with van der Waals surface area (Å²) in [7, 11) is 1.36. The van der Waals surface area contributed by atoms with Crippen molar-refractivity contribution in [3.8, 4) is 0 Å². The number of imidazole rings is 1. The zero-order valence-electron chi connectivity index (χ0n) is 17.9. The van der Waals surface area contributed by atoms with E-state index in [1.54, 1.807) is 12.1 Å². The molecule has 0 radical (unpaired) electrons. The number of methoxy groups -OCH3 is 1. The quantitative estimate of drug-likeness (QED) is 0.443. The van der Waals surface area contributed by atoms with Crippen molar-refractivity contribution >= 4 is 33.7 Å². The van der Waals surface area contributed by atoms with E-state index in [-0.39, 0.29) is 0 Å². The molecule has 4 rings (SSSR count). The van der Waals surface area contributed by atoms with Gasteiger partial charge in [-0.2, -0.15) is 0 Å². The number of hydrogen-bond acceptors (Lipinski definition) is 6. The van der Waals surface area contributed by atoms with Gasteiger partial charge in [0.2, 0.25) is 0 Å². The van der Waals surface area contributed by atoms with Gasteiger partial charge in [0.1, 0.15) is 11.3 Å². The molecule has 0 saturated carbocycles. The molecular weight excluding hydrogens is 390 g/mol. The van der Waals surface area contributed by atoms with Gasteiger partial charge >= 0.3 is 5.97 Å². The van der Waals surface area contributed by atoms with Gasteiger partial charge in [-0.15, -0.1) is 0 Å². The van der Waals surface area contributed by atoms with Gasteiger partial charge in [-0.25, -0.2) is 14.8 Å². The average molecular weight is 418 g/mol. The standard InChI is InChI=1S/C24H27N5O2/c1-3-4-5-20-28-21-22(29(20)14-16-8-6-15(13-25)7-9-16)18-11-10-17(24(30)31-2)12-19(18)27-23(21)26/h6-12H,3-5,13-14,25H2,1-2H3,(H2,26,27). The Kier molecular flexibility index (Phi) is 5.86. The number of carbonyl (C=O) groups excluding carboxylic acids is 1. The molecule has 31 heavy (non-hydrogen) atoms. The lowest BCUT2D eigenvalue weighted by molar-refractivity contribution is 0.0601. The first-order valence-electron chi connectivity index (χ1n) is 10.5. The summed E-state index contributed by atoms with van der Waals surface area (Å²) < 4.78 is 7.07. The number of hydrogen-bond donors (Lipinski definition) is 2. The van der Waals surface area contributed by atoms with Gasteiger partial charge in [0.05, 0.1) is 23.7 Å². The number of fused-ring (bicyclic) bond motifs is 3. The zero-order chi connectivity index (χ0) is 22.0. The Morgan fingerprint density at radius 2 is 1.84 bits per heavy atom. The van der Waals surface area contributed by atoms with Crippen LogP contribution in [0, 0.1) is 0 Å². The van der Waals surface area contributed by atoms with Gasteiger partial charge in [-0.05, 0) is 35.7 Å². The first-order chi connectivity index (χ1) is 15.0. The van der Waals surface area contributed by atoms with Gasteiger partial charge < -0.3 is 20.8 Å². The minimum atomic E-state index is -0.403. The number of nitrogens with two attached hydrogens (primary N) is 2. The molecule has 2 heterocycles. The van der Waals surface area contributed by atoms with Gasteiger partial charge in [0, 0.05) is 24.9 Å². The van der Waals surface area contributed by atoms with Crippen LogP contribution in [-0.2, 0) is 24.2 Å². The number of unbranched alkanes of at least 4 members (excludes halogenated alkanes) is 1. The molecule has 0 amide bonds. The molecule has 4 aromatic rings. The number of carbonyl (C=O) groups is 1. The highest BCUT2D eigenvalue weighted by molar-refractivity contribution is 6.08. The number of nitrogen functional groups attached to an aromatic ring is 1. The zero-order valence-corrected chi connectivity index (χ0v) is 17.9. The first-order valence-corrected chi connectivity index (χ1v) is 10.5. The van der Waals surface area contributed by atoms with Crippen LogP contribution < -0.4 is 11.5 Å². The minimum Gasteiger partial charge on any atom is -0.465 e. The topological polar surface area (TPSA) is 109 Å². The molecule has 4 N–H and O–H groups in total. The monoisotopic (exact) mass is 417 g/mol. The van der Waals surface area contributed by atoms with Crippen LogP contribution in [-0.4, -0.2) is 27.6 Å². The Labute approximate surface area is 181 Å². The van der Waals surface area contributed by atoms with Crippen molar-refractivity contribution in [2.75, 3.05) is 12.8 Å². The van der Waals surface area contributed by atoms with E-state index in [1.165, 1.54) is 7.11 Å². The van der Waals surface area contributed by atoms with E-state index in [1.807, 2.05) is 6.07 Å². The lowest BCUT2D eigenvalue weighted by Gasteiger charge is -2.12. The van der Waals surface area contributed by atoms with Crippen molar-refractivity contribution in [3.63, 3.8) is 0 Å². The van der Waals surface area contributed by atoms with Crippen molar-refractivity contribution in [2.24, 2.45) is 5.73 Å². The van der Waals surface area contributed by atoms with Crippen LogP contribution in [0.25, 0.3) is 21.9 Å². The fourth-order valence-electron chi connectivity index (χ4n) is 3.86. The van der Waals surface area contributed by atoms with E-state index in [2.05, 4.69) is 40.7 Å². The predicted octanol–water partition coefficient (Wildman–Crippen LogP) is 3.80. The fourth-order valence-corrected chi connectivity index (χ4v) is 3.86. The molecule has 2 aromatic carbocycles. The van der Waals surface area contributed by atoms with E-state index in [4.69, 9.17) is 21.2 Å². The summed E-state index contributed by atoms with van der Waals surface area (Å²) in [6.07, 6.45) is 2.96. The maximum Gasteiger partial charge on any atom is 0.337 e. The molecule has 160 valence electrons. The highest BCUT2D eigenvalue weighted by atomic mass is 16.5. The van der Waals surface area contributed by atoms with E-state index in [9.17, 15) is 4.79 Å². The largest absolute Gasteiger partial charge is 0.465 e. The predicted molar refractivity (Wildman–Crippen MR) is 123 cm³/mol. The highest BCUT2D eigenvalue weighted by Gasteiger charge is 2.18. The normalized spacial score (nSPS) is 11.3. The Hall–Kier alpha value is -3.45. The van der Waals surface area contributed by atoms with Gasteiger partial charge in [-0.1, -0.05) is 37.6 Å². The second-order valence-electron chi connectivity index (χ2n) is 7.66. The third-order valence-corrected chi connectivity index (χ3v) is 5.56. The molecule has 2 aromatic heterocycles. The number of ether oxygens (including phenoxy) is 1. The van der Waals surface area contributed by atoms with Crippen molar-refractivity contribution in [1.82, 2.24) is 14.5 Å². The molecule has 7 nitrogen and oxygen atoms in total. The lowest BCUT2D eigenvalue weighted by Crippen LogP contribution is -2.07. The van der Waals surface area contributed by atoms with Crippen molar-refractivity contribution in [1.29, 1.82) is 0 Å². The number of anilines is 1. The van der Waals surface area contributed by atoms with Crippen LogP contribution in [0.4, 0.5) is 5.82 Å². The van der Waals surface area contributed by atoms with Gasteiger partial charge in [0.25, 0.3) is 0 Å². The Morgan fingerprint density at radius 1 is 1.10 bits per heavy atom. The molecular formula is C24H27N5O2. The molecule has 0 aliphatic rings. The van der Waals surface area contributed by atoms with E-state index in [0.717, 1.165) is 47.1 Å². The first kappa shape index (κ1) is 20.8. The number of aryl methyl sites for hydroxylation is 1. The Morgan fingerprint density at radius 3 is 2.52 bits per heavy atom. The minimum absolute atomic E-state index is 0.361. The Bertz CT molecular complexity index is 1240. The summed E-state index contributed by atoms with van der Waals surface area (Å²) >= 11 is 0. The third kappa shape index (κ3) is 3.96. The maximum absolute atomic E-state index is 12.0. The summed E-state index contributed by atoms with van der Waals surface area (Å²) in [5, 5.41) is 0.908. The summed E-state index contributed by atoms with van der Waals surface area (Å²) in [5.74, 6) is 0.941. The van der Waals surface area contributed by atoms with E-state index < -0.39 is 5.97 Å². The molecule has 0 aliphatic heterocycles. The van der Waals surface area contributed by atoms with Crippen LogP contribution in [0.5, 0.6) is 0 Å². The van der Waals surface area contributed by atoms with E-state index >= 15 is 0 Å². The maximum atomic E-state index is 12.0. The summed E-state index contributed by atoms with van der Waals surface area (Å²) in [5.41, 5.74) is 17.0. The smallest absolute Gasteiger partial charge is 0.337 e. The summed E-state index contributed by atoms with van der Waals surface area (Å²) in [6.45, 7) is 3.35. The van der Waals surface area contributed by atoms with Gasteiger partial charge in [-0.3, -0.25) is 0 Å². The van der Waals surface area contributed by atoms with Crippen LogP contribution in [0.3, 0.4) is 0 Å². The average Bonchev–Trinajstić information content (AvgIpc) is 3.16. The van der Waals surface area contributed by atoms with Crippen molar-refractivity contribution in [2.45, 2.75) is 39.3 Å². The fraction of sp³-hybridized carbons (Fsp3) is 0.292. The highest BCUT2D eigenvalue weighted by Crippen LogP contribution is 2.31. The number of benzene rings is 2. The molecule has 7 heteroatoms. The van der Waals surface area contributed by atoms with Crippen LogP contribution >= 0.6 is 0 Å². The molecule has 0 aliphatic carbocycles. The summed E-state index contributed by atoms with van der Waals surface area (Å²) in [4.78, 5) is 21.4. The molecule has 0 spiro atoms. The number of pyridine rings is 1. The van der Waals surface area contributed by atoms with Crippen LogP contribution in [0.2, 0.25) is 0 Å². The summed E-state index contributed by atoms with van der Waals surface area (Å²) in [6, 6.07) is 13.7. The SMILES string of the molecule is CCCCc1nc2c(N)nc3cc(C(=O)OC)ccc3c2n1Cc1ccc(CN)cc1. The molecule has 0 unspecified atom stereocenters. The number of nitrogens with zero attached hydrogens (tertiary/aromatic N) is 3. The van der Waals surface area contributed by atoms with Crippen LogP contribution in [0.15, 0.2) is 42.5 Å². The van der Waals surface area contributed by atoms with E-state index in [0.29, 0.717) is 35.5 Å². The number of esters is 1. The Balaban J connectivity index is 1.91. The second-order valence-corrected chi connectivity index (χ2v) is 7.66.